The molecule has 1 atom stereocenters. The van der Waals surface area contributed by atoms with Gasteiger partial charge in [0.2, 0.25) is 0 Å². The first-order valence-corrected chi connectivity index (χ1v) is 22.9. The Hall–Kier alpha value is -6.11. The summed E-state index contributed by atoms with van der Waals surface area (Å²) >= 11 is 0. The molecule has 0 saturated heterocycles. The zero-order chi connectivity index (χ0) is 39.2. The van der Waals surface area contributed by atoms with E-state index in [1.165, 1.54) is 5.19 Å². The second kappa shape index (κ2) is 14.5. The van der Waals surface area contributed by atoms with Crippen LogP contribution in [0.1, 0.15) is 38.1 Å². The number of aromatic nitrogens is 1. The zero-order valence-corrected chi connectivity index (χ0v) is 34.4. The minimum absolute atomic E-state index is 0.308. The fraction of sp³-hybridized carbons (Fsp3) is 0.180. The Labute approximate surface area is 333 Å². The van der Waals surface area contributed by atoms with Crippen LogP contribution in [0.2, 0.25) is 19.6 Å². The van der Waals surface area contributed by atoms with Gasteiger partial charge in [-0.2, -0.15) is 0 Å². The predicted molar refractivity (Wildman–Crippen MR) is 240 cm³/mol. The van der Waals surface area contributed by atoms with Crippen LogP contribution in [0.3, 0.4) is 0 Å². The minimum Gasteiger partial charge on any atom is -0.507 e. The third-order valence-corrected chi connectivity index (χ3v) is 12.9. The number of pyridine rings is 1. The molecule has 6 aromatic carbocycles. The molecule has 2 N–H and O–H groups in total. The summed E-state index contributed by atoms with van der Waals surface area (Å²) in [6, 6.07) is 53.5. The molecule has 56 heavy (non-hydrogen) atoms. The van der Waals surface area contributed by atoms with Crippen LogP contribution in [-0.4, -0.2) is 25.2 Å². The standard InChI is InChI=1S/C50H50N4OSi/c1-50(2,3)44-32-40(54(38-20-13-9-14-21-38)39-22-15-10-16-23-39)31-43(48(44)55)49-52-47-42(24-17-25-46(47)53(49)4)36-28-35(34-18-11-8-12-19-34)29-37(30-36)45-27-26-41(33-51-45)56(5,6)7/h8-33,49,52,55H,1-7H3. The maximum Gasteiger partial charge on any atom is 0.129 e. The molecule has 1 aromatic heterocycles. The van der Waals surface area contributed by atoms with E-state index < -0.39 is 8.07 Å². The van der Waals surface area contributed by atoms with Gasteiger partial charge in [0.25, 0.3) is 0 Å². The summed E-state index contributed by atoms with van der Waals surface area (Å²) in [5.41, 5.74) is 13.1. The number of aromatic hydroxyl groups is 1. The average molecular weight is 751 g/mol. The second-order valence-electron chi connectivity index (χ2n) is 16.9. The van der Waals surface area contributed by atoms with Gasteiger partial charge in [-0.05, 0) is 94.0 Å². The molecule has 2 heterocycles. The van der Waals surface area contributed by atoms with E-state index in [9.17, 15) is 5.11 Å². The van der Waals surface area contributed by atoms with E-state index in [1.807, 2.05) is 12.1 Å². The smallest absolute Gasteiger partial charge is 0.129 e. The van der Waals surface area contributed by atoms with E-state index >= 15 is 0 Å². The summed E-state index contributed by atoms with van der Waals surface area (Å²) in [5, 5.41) is 17.5. The number of phenols is 1. The molecule has 0 bridgehead atoms. The van der Waals surface area contributed by atoms with Gasteiger partial charge in [-0.15, -0.1) is 0 Å². The van der Waals surface area contributed by atoms with E-state index in [-0.39, 0.29) is 11.6 Å². The number of fused-ring (bicyclic) bond motifs is 1. The maximum atomic E-state index is 12.2. The highest BCUT2D eigenvalue weighted by atomic mass is 28.3. The predicted octanol–water partition coefficient (Wildman–Crippen LogP) is 12.7. The summed E-state index contributed by atoms with van der Waals surface area (Å²) in [6.07, 6.45) is 1.74. The first-order chi connectivity index (χ1) is 26.9. The minimum atomic E-state index is -1.50. The average Bonchev–Trinajstić information content (AvgIpc) is 3.54. The number of nitrogens with one attached hydrogen (secondary N) is 1. The van der Waals surface area contributed by atoms with E-state index in [0.29, 0.717) is 5.75 Å². The summed E-state index contributed by atoms with van der Waals surface area (Å²) < 4.78 is 0. The van der Waals surface area contributed by atoms with Gasteiger partial charge in [-0.3, -0.25) is 4.98 Å². The molecule has 0 radical (unpaired) electrons. The summed E-state index contributed by atoms with van der Waals surface area (Å²) in [6.45, 7) is 13.5. The van der Waals surface area contributed by atoms with Crippen molar-refractivity contribution in [2.75, 3.05) is 22.2 Å². The normalized spacial score (nSPS) is 14.0. The fourth-order valence-corrected chi connectivity index (χ4v) is 8.81. The number of benzene rings is 6. The number of para-hydroxylation sites is 3. The quantitative estimate of drug-likeness (QED) is 0.152. The van der Waals surface area contributed by atoms with E-state index in [4.69, 9.17) is 4.98 Å². The molecule has 280 valence electrons. The monoisotopic (exact) mass is 750 g/mol. The van der Waals surface area contributed by atoms with Gasteiger partial charge in [-0.1, -0.05) is 125 Å². The summed E-state index contributed by atoms with van der Waals surface area (Å²) in [5.74, 6) is 0.308. The Kier molecular flexibility index (Phi) is 9.55. The zero-order valence-electron chi connectivity index (χ0n) is 33.4. The Bertz CT molecular complexity index is 2450. The number of nitrogens with zero attached hydrogens (tertiary/aromatic N) is 3. The molecule has 1 unspecified atom stereocenters. The van der Waals surface area contributed by atoms with Crippen molar-refractivity contribution in [2.24, 2.45) is 0 Å². The molecule has 0 spiro atoms. The van der Waals surface area contributed by atoms with Crippen LogP contribution in [-0.2, 0) is 5.41 Å². The Morgan fingerprint density at radius 1 is 0.643 bits per heavy atom. The highest BCUT2D eigenvalue weighted by Gasteiger charge is 2.34. The lowest BCUT2D eigenvalue weighted by atomic mass is 9.84. The summed E-state index contributed by atoms with van der Waals surface area (Å²) in [7, 11) is 0.613. The van der Waals surface area contributed by atoms with Gasteiger partial charge in [0.05, 0.1) is 25.1 Å². The van der Waals surface area contributed by atoms with Crippen molar-refractivity contribution in [3.63, 3.8) is 0 Å². The van der Waals surface area contributed by atoms with E-state index in [0.717, 1.165) is 73.1 Å². The molecule has 0 fully saturated rings. The van der Waals surface area contributed by atoms with Crippen LogP contribution in [0.15, 0.2) is 158 Å². The molecule has 0 amide bonds. The Balaban J connectivity index is 1.26. The molecule has 6 heteroatoms. The van der Waals surface area contributed by atoms with Crippen molar-refractivity contribution in [1.29, 1.82) is 0 Å². The van der Waals surface area contributed by atoms with Gasteiger partial charge < -0.3 is 20.2 Å². The Morgan fingerprint density at radius 3 is 1.84 bits per heavy atom. The molecule has 8 rings (SSSR count). The molecule has 7 aromatic rings. The van der Waals surface area contributed by atoms with E-state index in [2.05, 4.69) is 208 Å². The molecular weight excluding hydrogens is 701 g/mol. The van der Waals surface area contributed by atoms with E-state index in [1.54, 1.807) is 0 Å². The van der Waals surface area contributed by atoms with Crippen LogP contribution in [0.5, 0.6) is 5.75 Å². The first kappa shape index (κ1) is 36.8. The highest BCUT2D eigenvalue weighted by molar-refractivity contribution is 6.88. The van der Waals surface area contributed by atoms with Gasteiger partial charge in [0.15, 0.2) is 0 Å². The number of hydrogen-bond donors (Lipinski definition) is 2. The SMILES string of the molecule is CN1c2cccc(-c3cc(-c4ccccc4)cc(-c4ccc([Si](C)(C)C)cn4)c3)c2NC1c1cc(N(c2ccccc2)c2ccccc2)cc(C(C)(C)C)c1O. The van der Waals surface area contributed by atoms with Crippen molar-refractivity contribution in [3.8, 4) is 39.3 Å². The summed E-state index contributed by atoms with van der Waals surface area (Å²) in [4.78, 5) is 9.52. The molecule has 5 nitrogen and oxygen atoms in total. The molecule has 0 saturated carbocycles. The van der Waals surface area contributed by atoms with Crippen molar-refractivity contribution in [2.45, 2.75) is 52.0 Å². The first-order valence-electron chi connectivity index (χ1n) is 19.4. The van der Waals surface area contributed by atoms with Gasteiger partial charge >= 0.3 is 0 Å². The van der Waals surface area contributed by atoms with Crippen molar-refractivity contribution in [1.82, 2.24) is 4.98 Å². The topological polar surface area (TPSA) is 51.6 Å². The van der Waals surface area contributed by atoms with Gasteiger partial charge in [0.1, 0.15) is 11.9 Å². The van der Waals surface area contributed by atoms with Crippen LogP contribution in [0, 0.1) is 0 Å². The number of phenolic OH excluding ortho intramolecular Hbond substituents is 1. The molecule has 1 aliphatic heterocycles. The lowest BCUT2D eigenvalue weighted by Crippen LogP contribution is -2.37. The van der Waals surface area contributed by atoms with Crippen LogP contribution >= 0.6 is 0 Å². The molecule has 1 aliphatic rings. The van der Waals surface area contributed by atoms with Crippen molar-refractivity contribution in [3.05, 3.63) is 169 Å². The van der Waals surface area contributed by atoms with Crippen LogP contribution < -0.4 is 20.3 Å². The number of hydrogen-bond acceptors (Lipinski definition) is 5. The lowest BCUT2D eigenvalue weighted by Gasteiger charge is -2.32. The van der Waals surface area contributed by atoms with Crippen molar-refractivity contribution >= 4 is 41.7 Å². The third kappa shape index (κ3) is 7.09. The second-order valence-corrected chi connectivity index (χ2v) is 22.0. The number of rotatable bonds is 8. The molecule has 0 aliphatic carbocycles. The third-order valence-electron chi connectivity index (χ3n) is 10.9. The van der Waals surface area contributed by atoms with Crippen LogP contribution in [0.25, 0.3) is 33.5 Å². The number of anilines is 5. The maximum absolute atomic E-state index is 12.2. The molecular formula is C50H50N4OSi. The largest absolute Gasteiger partial charge is 0.507 e. The highest BCUT2D eigenvalue weighted by Crippen LogP contribution is 2.51. The fourth-order valence-electron chi connectivity index (χ4n) is 7.77. The van der Waals surface area contributed by atoms with Gasteiger partial charge in [-0.25, -0.2) is 0 Å². The van der Waals surface area contributed by atoms with Crippen molar-refractivity contribution < 1.29 is 5.11 Å². The lowest BCUT2D eigenvalue weighted by molar-refractivity contribution is 0.437. The van der Waals surface area contributed by atoms with Gasteiger partial charge in [0, 0.05) is 52.6 Å². The Morgan fingerprint density at radius 2 is 1.25 bits per heavy atom. The van der Waals surface area contributed by atoms with Crippen LogP contribution in [0.4, 0.5) is 28.4 Å².